The van der Waals surface area contributed by atoms with Gasteiger partial charge in [0.1, 0.15) is 0 Å². The number of hydrogen-bond acceptors (Lipinski definition) is 8. The smallest absolute Gasteiger partial charge is 0.234 e. The molecule has 0 aliphatic heterocycles. The molecule has 6 rings (SSSR count). The molecular formula is C30H18Cl4N4O2S4. The van der Waals surface area contributed by atoms with Crippen molar-refractivity contribution in [2.75, 3.05) is 22.1 Å². The molecule has 0 fully saturated rings. The van der Waals surface area contributed by atoms with Gasteiger partial charge in [0, 0.05) is 10.0 Å². The lowest BCUT2D eigenvalue weighted by Crippen LogP contribution is -2.14. The number of nitrogens with one attached hydrogen (secondary N) is 2. The number of thioether (sulfide) groups is 2. The summed E-state index contributed by atoms with van der Waals surface area (Å²) in [6.45, 7) is 0. The maximum Gasteiger partial charge on any atom is 0.234 e. The minimum atomic E-state index is -0.198. The normalized spacial score (nSPS) is 11.3. The Hall–Kier alpha value is -2.54. The zero-order valence-electron chi connectivity index (χ0n) is 22.2. The minimum absolute atomic E-state index is 0.183. The number of carbonyl (C=O) groups excluding carboxylic acids is 2. The van der Waals surface area contributed by atoms with E-state index in [0.29, 0.717) is 31.5 Å². The molecule has 0 aliphatic carbocycles. The molecule has 14 heteroatoms. The summed E-state index contributed by atoms with van der Waals surface area (Å²) in [4.78, 5) is 34.3. The summed E-state index contributed by atoms with van der Waals surface area (Å²) in [5.41, 5.74) is 4.24. The monoisotopic (exact) mass is 734 g/mol. The van der Waals surface area contributed by atoms with E-state index in [1.165, 1.54) is 46.2 Å². The van der Waals surface area contributed by atoms with E-state index >= 15 is 0 Å². The van der Waals surface area contributed by atoms with Crippen LogP contribution in [-0.4, -0.2) is 33.3 Å². The summed E-state index contributed by atoms with van der Waals surface area (Å²) in [7, 11) is 0. The molecule has 44 heavy (non-hydrogen) atoms. The van der Waals surface area contributed by atoms with Crippen molar-refractivity contribution in [3.63, 3.8) is 0 Å². The van der Waals surface area contributed by atoms with E-state index in [9.17, 15) is 9.59 Å². The predicted molar refractivity (Wildman–Crippen MR) is 190 cm³/mol. The van der Waals surface area contributed by atoms with Crippen molar-refractivity contribution in [2.24, 2.45) is 0 Å². The molecule has 4 aromatic carbocycles. The summed E-state index contributed by atoms with van der Waals surface area (Å²) >= 11 is 30.8. The van der Waals surface area contributed by atoms with Crippen molar-refractivity contribution < 1.29 is 9.59 Å². The highest BCUT2D eigenvalue weighted by Crippen LogP contribution is 2.35. The summed E-state index contributed by atoms with van der Waals surface area (Å²) in [5.74, 6) is -0.0308. The van der Waals surface area contributed by atoms with Gasteiger partial charge in [-0.1, -0.05) is 82.1 Å². The van der Waals surface area contributed by atoms with Gasteiger partial charge in [0.25, 0.3) is 0 Å². The van der Waals surface area contributed by atoms with Crippen molar-refractivity contribution in [3.05, 3.63) is 92.9 Å². The predicted octanol–water partition coefficient (Wildman–Crippen LogP) is 10.6. The number of hydrogen-bond donors (Lipinski definition) is 2. The summed E-state index contributed by atoms with van der Waals surface area (Å²) in [6, 6.07) is 21.8. The third-order valence-electron chi connectivity index (χ3n) is 6.13. The second kappa shape index (κ2) is 13.8. The molecule has 222 valence electrons. The number of benzene rings is 4. The minimum Gasteiger partial charge on any atom is -0.324 e. The van der Waals surface area contributed by atoms with E-state index in [4.69, 9.17) is 46.4 Å². The number of nitrogens with zero attached hydrogens (tertiary/aromatic N) is 2. The zero-order valence-corrected chi connectivity index (χ0v) is 28.5. The fourth-order valence-electron chi connectivity index (χ4n) is 4.10. The molecule has 6 nitrogen and oxygen atoms in total. The Balaban J connectivity index is 1.03. The molecule has 0 spiro atoms. The third-order valence-corrected chi connectivity index (χ3v) is 11.6. The van der Waals surface area contributed by atoms with Crippen LogP contribution in [0, 0.1) is 0 Å². The van der Waals surface area contributed by atoms with Crippen molar-refractivity contribution in [1.82, 2.24) is 9.97 Å². The Bertz CT molecular complexity index is 1900. The van der Waals surface area contributed by atoms with E-state index in [1.54, 1.807) is 36.4 Å². The Kier molecular flexibility index (Phi) is 9.89. The number of anilines is 2. The fraction of sp³-hybridized carbons (Fsp3) is 0.0667. The van der Waals surface area contributed by atoms with Crippen LogP contribution in [0.1, 0.15) is 0 Å². The molecule has 2 aromatic heterocycles. The van der Waals surface area contributed by atoms with Crippen LogP contribution in [0.15, 0.2) is 81.5 Å². The van der Waals surface area contributed by atoms with E-state index in [2.05, 4.69) is 20.6 Å². The summed E-state index contributed by atoms with van der Waals surface area (Å²) in [6.07, 6.45) is 0. The summed E-state index contributed by atoms with van der Waals surface area (Å²) in [5, 5.41) is 7.74. The maximum atomic E-state index is 12.6. The van der Waals surface area contributed by atoms with Gasteiger partial charge in [-0.05, 0) is 71.8 Å². The van der Waals surface area contributed by atoms with Gasteiger partial charge in [0.15, 0.2) is 8.68 Å². The lowest BCUT2D eigenvalue weighted by molar-refractivity contribution is -0.114. The first-order valence-corrected chi connectivity index (χ1v) is 17.9. The Morgan fingerprint density at radius 1 is 0.614 bits per heavy atom. The number of aromatic nitrogens is 2. The Labute approximate surface area is 288 Å². The van der Waals surface area contributed by atoms with Crippen molar-refractivity contribution in [1.29, 1.82) is 0 Å². The van der Waals surface area contributed by atoms with Gasteiger partial charge in [0.2, 0.25) is 11.8 Å². The third kappa shape index (κ3) is 7.63. The molecule has 0 bridgehead atoms. The standard InChI is InChI=1S/C30H18Cl4N4O2S4/c31-17-3-7-25-23(11-17)37-29(43-25)41-13-27(39)35-21-5-1-15(9-19(21)33)16-2-6-22(20(34)10-16)36-28(40)14-42-30-38-24-12-18(32)4-8-26(24)44-30/h1-12H,13-14H2,(H,35,39)(H,36,40). The van der Waals surface area contributed by atoms with Gasteiger partial charge in [-0.3, -0.25) is 9.59 Å². The number of carbonyl (C=O) groups is 2. The van der Waals surface area contributed by atoms with Crippen molar-refractivity contribution >= 4 is 136 Å². The zero-order chi connectivity index (χ0) is 30.8. The first kappa shape index (κ1) is 31.4. The van der Waals surface area contributed by atoms with Crippen LogP contribution in [0.25, 0.3) is 31.6 Å². The van der Waals surface area contributed by atoms with Gasteiger partial charge >= 0.3 is 0 Å². The highest BCUT2D eigenvalue weighted by molar-refractivity contribution is 8.02. The second-order valence-electron chi connectivity index (χ2n) is 9.25. The van der Waals surface area contributed by atoms with Crippen LogP contribution >= 0.6 is 92.6 Å². The Morgan fingerprint density at radius 2 is 1.05 bits per heavy atom. The van der Waals surface area contributed by atoms with Gasteiger partial charge in [0.05, 0.1) is 53.4 Å². The number of fused-ring (bicyclic) bond motifs is 2. The first-order chi connectivity index (χ1) is 21.2. The van der Waals surface area contributed by atoms with Crippen LogP contribution < -0.4 is 10.6 Å². The molecule has 0 aliphatic rings. The van der Waals surface area contributed by atoms with E-state index < -0.39 is 0 Å². The topological polar surface area (TPSA) is 84.0 Å². The molecule has 0 saturated heterocycles. The van der Waals surface area contributed by atoms with Crippen LogP contribution in [-0.2, 0) is 9.59 Å². The van der Waals surface area contributed by atoms with E-state index in [1.807, 2.05) is 36.4 Å². The van der Waals surface area contributed by atoms with Gasteiger partial charge < -0.3 is 10.6 Å². The van der Waals surface area contributed by atoms with Gasteiger partial charge in [-0.2, -0.15) is 0 Å². The molecular weight excluding hydrogens is 718 g/mol. The van der Waals surface area contributed by atoms with Crippen LogP contribution in [0.3, 0.4) is 0 Å². The number of halogens is 4. The Morgan fingerprint density at radius 3 is 1.45 bits per heavy atom. The largest absolute Gasteiger partial charge is 0.324 e. The molecule has 0 atom stereocenters. The van der Waals surface area contributed by atoms with Crippen LogP contribution in [0.5, 0.6) is 0 Å². The fourth-order valence-corrected chi connectivity index (χ4v) is 8.59. The quantitative estimate of drug-likeness (QED) is 0.144. The summed E-state index contributed by atoms with van der Waals surface area (Å²) < 4.78 is 3.59. The van der Waals surface area contributed by atoms with Crippen molar-refractivity contribution in [3.8, 4) is 11.1 Å². The van der Waals surface area contributed by atoms with Gasteiger partial charge in [-0.15, -0.1) is 22.7 Å². The number of rotatable bonds is 9. The van der Waals surface area contributed by atoms with Gasteiger partial charge in [-0.25, -0.2) is 9.97 Å². The number of thiazole rings is 2. The highest BCUT2D eigenvalue weighted by Gasteiger charge is 2.14. The lowest BCUT2D eigenvalue weighted by atomic mass is 10.0. The molecule has 0 saturated carbocycles. The average Bonchev–Trinajstić information content (AvgIpc) is 3.59. The molecule has 0 radical (unpaired) electrons. The molecule has 2 N–H and O–H groups in total. The first-order valence-electron chi connectivity index (χ1n) is 12.8. The average molecular weight is 737 g/mol. The molecule has 2 amide bonds. The molecule has 6 aromatic rings. The van der Waals surface area contributed by atoms with Crippen molar-refractivity contribution in [2.45, 2.75) is 8.68 Å². The second-order valence-corrected chi connectivity index (χ2v) is 15.4. The molecule has 0 unspecified atom stereocenters. The SMILES string of the molecule is O=C(CSc1nc2cc(Cl)ccc2s1)Nc1ccc(-c2ccc(NC(=O)CSc3nc4cc(Cl)ccc4s3)c(Cl)c2)cc1Cl. The number of amides is 2. The molecule has 2 heterocycles. The lowest BCUT2D eigenvalue weighted by Gasteiger charge is -2.11. The van der Waals surface area contributed by atoms with E-state index in [0.717, 1.165) is 40.2 Å². The van der Waals surface area contributed by atoms with E-state index in [-0.39, 0.29) is 23.3 Å². The highest BCUT2D eigenvalue weighted by atomic mass is 35.5. The van der Waals surface area contributed by atoms with Crippen LogP contribution in [0.4, 0.5) is 11.4 Å². The van der Waals surface area contributed by atoms with Crippen LogP contribution in [0.2, 0.25) is 20.1 Å². The maximum absolute atomic E-state index is 12.6.